The van der Waals surface area contributed by atoms with Crippen molar-refractivity contribution in [1.82, 2.24) is 5.32 Å². The van der Waals surface area contributed by atoms with Gasteiger partial charge < -0.3 is 15.4 Å². The molecule has 0 saturated carbocycles. The molecule has 0 fully saturated rings. The summed E-state index contributed by atoms with van der Waals surface area (Å²) in [5.41, 5.74) is 0.860. The quantitative estimate of drug-likeness (QED) is 0.859. The van der Waals surface area contributed by atoms with Gasteiger partial charge in [-0.1, -0.05) is 18.2 Å². The smallest absolute Gasteiger partial charge is 0.238 e. The number of amides is 1. The summed E-state index contributed by atoms with van der Waals surface area (Å²) >= 11 is 0. The predicted octanol–water partition coefficient (Wildman–Crippen LogP) is 3.26. The van der Waals surface area contributed by atoms with E-state index in [0.29, 0.717) is 17.0 Å². The maximum atomic E-state index is 13.7. The molecule has 0 bridgehead atoms. The number of hydrogen-bond acceptors (Lipinski definition) is 3. The highest BCUT2D eigenvalue weighted by Gasteiger charge is 2.13. The van der Waals surface area contributed by atoms with E-state index in [1.165, 1.54) is 19.2 Å². The molecule has 0 heterocycles. The Morgan fingerprint density at radius 1 is 1.22 bits per heavy atom. The van der Waals surface area contributed by atoms with Gasteiger partial charge in [-0.25, -0.2) is 8.78 Å². The molecule has 1 amide bonds. The molecule has 0 saturated heterocycles. The van der Waals surface area contributed by atoms with Crippen LogP contribution in [-0.2, 0) is 4.79 Å². The van der Waals surface area contributed by atoms with Gasteiger partial charge in [0.25, 0.3) is 0 Å². The number of carbonyl (C=O) groups excluding carboxylic acids is 1. The third kappa shape index (κ3) is 4.50. The molecule has 6 heteroatoms. The number of nitrogens with one attached hydrogen (secondary N) is 2. The molecular weight excluding hydrogens is 302 g/mol. The van der Waals surface area contributed by atoms with Crippen LogP contribution in [-0.4, -0.2) is 19.6 Å². The lowest BCUT2D eigenvalue weighted by Gasteiger charge is -2.15. The standard InChI is InChI=1S/C17H18F2N2O2/c1-11(13-8-7-12(18)9-14(13)19)20-10-17(22)21-15-5-3-4-6-16(15)23-2/h3-9,11,20H,10H2,1-2H3,(H,21,22)/t11-/m0/s1. The summed E-state index contributed by atoms with van der Waals surface area (Å²) < 4.78 is 31.7. The van der Waals surface area contributed by atoms with E-state index < -0.39 is 17.7 Å². The van der Waals surface area contributed by atoms with Crippen molar-refractivity contribution in [2.75, 3.05) is 19.0 Å². The van der Waals surface area contributed by atoms with Crippen LogP contribution in [0.4, 0.5) is 14.5 Å². The van der Waals surface area contributed by atoms with Crippen molar-refractivity contribution < 1.29 is 18.3 Å². The lowest BCUT2D eigenvalue weighted by atomic mass is 10.1. The predicted molar refractivity (Wildman–Crippen MR) is 84.4 cm³/mol. The van der Waals surface area contributed by atoms with Crippen LogP contribution in [0.25, 0.3) is 0 Å². The largest absolute Gasteiger partial charge is 0.495 e. The lowest BCUT2D eigenvalue weighted by molar-refractivity contribution is -0.115. The molecule has 23 heavy (non-hydrogen) atoms. The number of carbonyl (C=O) groups is 1. The second-order valence-corrected chi connectivity index (χ2v) is 5.02. The van der Waals surface area contributed by atoms with E-state index in [1.54, 1.807) is 31.2 Å². The Morgan fingerprint density at radius 3 is 2.65 bits per heavy atom. The van der Waals surface area contributed by atoms with E-state index in [4.69, 9.17) is 4.74 Å². The molecule has 0 spiro atoms. The Labute approximate surface area is 133 Å². The van der Waals surface area contributed by atoms with Crippen molar-refractivity contribution in [3.63, 3.8) is 0 Å². The van der Waals surface area contributed by atoms with Crippen LogP contribution in [0.15, 0.2) is 42.5 Å². The maximum Gasteiger partial charge on any atom is 0.238 e. The van der Waals surface area contributed by atoms with Crippen LogP contribution in [0.3, 0.4) is 0 Å². The molecule has 122 valence electrons. The average Bonchev–Trinajstić information content (AvgIpc) is 2.53. The van der Waals surface area contributed by atoms with E-state index in [2.05, 4.69) is 10.6 Å². The van der Waals surface area contributed by atoms with Gasteiger partial charge in [-0.15, -0.1) is 0 Å². The molecule has 0 aliphatic rings. The highest BCUT2D eigenvalue weighted by molar-refractivity contribution is 5.93. The van der Waals surface area contributed by atoms with Crippen LogP contribution in [0.2, 0.25) is 0 Å². The van der Waals surface area contributed by atoms with E-state index in [0.717, 1.165) is 6.07 Å². The fourth-order valence-electron chi connectivity index (χ4n) is 2.15. The summed E-state index contributed by atoms with van der Waals surface area (Å²) in [6.07, 6.45) is 0. The van der Waals surface area contributed by atoms with E-state index >= 15 is 0 Å². The molecule has 1 atom stereocenters. The Bertz CT molecular complexity index is 692. The van der Waals surface area contributed by atoms with Crippen molar-refractivity contribution in [2.24, 2.45) is 0 Å². The first-order valence-electron chi connectivity index (χ1n) is 7.12. The van der Waals surface area contributed by atoms with Gasteiger partial charge in [0.15, 0.2) is 0 Å². The Kier molecular flexibility index (Phi) is 5.65. The molecule has 0 aliphatic heterocycles. The first-order valence-corrected chi connectivity index (χ1v) is 7.12. The third-order valence-corrected chi connectivity index (χ3v) is 3.38. The number of benzene rings is 2. The summed E-state index contributed by atoms with van der Waals surface area (Å²) in [5.74, 6) is -1.01. The third-order valence-electron chi connectivity index (χ3n) is 3.38. The fourth-order valence-corrected chi connectivity index (χ4v) is 2.15. The van der Waals surface area contributed by atoms with Crippen LogP contribution in [0, 0.1) is 11.6 Å². The zero-order valence-corrected chi connectivity index (χ0v) is 12.9. The van der Waals surface area contributed by atoms with Crippen LogP contribution in [0.5, 0.6) is 5.75 Å². The Morgan fingerprint density at radius 2 is 1.96 bits per heavy atom. The summed E-state index contributed by atoms with van der Waals surface area (Å²) in [7, 11) is 1.52. The molecule has 2 rings (SSSR count). The van der Waals surface area contributed by atoms with Crippen molar-refractivity contribution in [1.29, 1.82) is 0 Å². The van der Waals surface area contributed by atoms with Gasteiger partial charge in [-0.05, 0) is 25.1 Å². The van der Waals surface area contributed by atoms with Gasteiger partial charge >= 0.3 is 0 Å². The normalized spacial score (nSPS) is 11.8. The SMILES string of the molecule is COc1ccccc1NC(=O)CN[C@@H](C)c1ccc(F)cc1F. The number of hydrogen-bond donors (Lipinski definition) is 2. The number of halogens is 2. The van der Waals surface area contributed by atoms with Crippen LogP contribution >= 0.6 is 0 Å². The molecule has 0 aromatic heterocycles. The van der Waals surface area contributed by atoms with Gasteiger partial charge in [0.05, 0.1) is 19.3 Å². The number of rotatable bonds is 6. The van der Waals surface area contributed by atoms with E-state index in [1.807, 2.05) is 0 Å². The average molecular weight is 320 g/mol. The monoisotopic (exact) mass is 320 g/mol. The van der Waals surface area contributed by atoms with E-state index in [9.17, 15) is 13.6 Å². The molecular formula is C17H18F2N2O2. The van der Waals surface area contributed by atoms with Gasteiger partial charge in [-0.3, -0.25) is 4.79 Å². The molecule has 2 aromatic rings. The number of para-hydroxylation sites is 2. The molecule has 0 aliphatic carbocycles. The van der Waals surface area contributed by atoms with Gasteiger partial charge in [0.2, 0.25) is 5.91 Å². The first-order chi connectivity index (χ1) is 11.0. The van der Waals surface area contributed by atoms with Crippen LogP contribution < -0.4 is 15.4 Å². The van der Waals surface area contributed by atoms with Crippen molar-refractivity contribution in [2.45, 2.75) is 13.0 Å². The van der Waals surface area contributed by atoms with Crippen molar-refractivity contribution in [3.8, 4) is 5.75 Å². The summed E-state index contributed by atoms with van der Waals surface area (Å²) in [6.45, 7) is 1.68. The minimum Gasteiger partial charge on any atom is -0.495 e. The first kappa shape index (κ1) is 16.9. The second kappa shape index (κ2) is 7.69. The fraction of sp³-hybridized carbons (Fsp3) is 0.235. The summed E-state index contributed by atoms with van der Waals surface area (Å²) in [6, 6.07) is 9.97. The topological polar surface area (TPSA) is 50.4 Å². The lowest BCUT2D eigenvalue weighted by Crippen LogP contribution is -2.30. The number of methoxy groups -OCH3 is 1. The number of anilines is 1. The molecule has 4 nitrogen and oxygen atoms in total. The summed E-state index contributed by atoms with van der Waals surface area (Å²) in [5, 5.41) is 5.61. The molecule has 2 aromatic carbocycles. The minimum atomic E-state index is -0.643. The molecule has 2 N–H and O–H groups in total. The minimum absolute atomic E-state index is 0.0178. The van der Waals surface area contributed by atoms with Gasteiger partial charge in [-0.2, -0.15) is 0 Å². The van der Waals surface area contributed by atoms with Crippen molar-refractivity contribution in [3.05, 3.63) is 59.7 Å². The number of ether oxygens (including phenoxy) is 1. The highest BCUT2D eigenvalue weighted by atomic mass is 19.1. The maximum absolute atomic E-state index is 13.7. The molecule has 0 unspecified atom stereocenters. The van der Waals surface area contributed by atoms with Crippen LogP contribution in [0.1, 0.15) is 18.5 Å². The Hall–Kier alpha value is -2.47. The second-order valence-electron chi connectivity index (χ2n) is 5.02. The van der Waals surface area contributed by atoms with Gasteiger partial charge in [0, 0.05) is 17.7 Å². The Balaban J connectivity index is 1.93. The highest BCUT2D eigenvalue weighted by Crippen LogP contribution is 2.23. The zero-order valence-electron chi connectivity index (χ0n) is 12.9. The van der Waals surface area contributed by atoms with Crippen molar-refractivity contribution >= 4 is 11.6 Å². The zero-order chi connectivity index (χ0) is 16.8. The van der Waals surface area contributed by atoms with Gasteiger partial charge in [0.1, 0.15) is 17.4 Å². The summed E-state index contributed by atoms with van der Waals surface area (Å²) in [4.78, 5) is 12.0. The molecule has 0 radical (unpaired) electrons. The van der Waals surface area contributed by atoms with E-state index in [-0.39, 0.29) is 12.5 Å².